The fraction of sp³-hybridized carbons (Fsp3) is 0.0909. The Bertz CT molecular complexity index is 1550. The Labute approximate surface area is 228 Å². The number of rotatable bonds is 10. The molecule has 5 aromatic rings. The van der Waals surface area contributed by atoms with Crippen molar-refractivity contribution in [3.05, 3.63) is 138 Å². The summed E-state index contributed by atoms with van der Waals surface area (Å²) in [6, 6.07) is 35.3. The van der Waals surface area contributed by atoms with Crippen LogP contribution in [0.1, 0.15) is 16.7 Å². The topological polar surface area (TPSA) is 65.4 Å². The van der Waals surface area contributed by atoms with Crippen LogP contribution in [0.3, 0.4) is 0 Å². The van der Waals surface area contributed by atoms with Crippen molar-refractivity contribution in [1.29, 1.82) is 0 Å². The monoisotopic (exact) mass is 515 g/mol. The highest BCUT2D eigenvalue weighted by Gasteiger charge is 2.13. The molecule has 0 saturated carbocycles. The van der Waals surface area contributed by atoms with Crippen LogP contribution in [0.25, 0.3) is 23.0 Å². The molecule has 1 heterocycles. The lowest BCUT2D eigenvalue weighted by Crippen LogP contribution is -2.20. The third kappa shape index (κ3) is 6.62. The highest BCUT2D eigenvalue weighted by molar-refractivity contribution is 5.91. The van der Waals surface area contributed by atoms with Gasteiger partial charge in [-0.15, -0.1) is 0 Å². The van der Waals surface area contributed by atoms with E-state index >= 15 is 0 Å². The van der Waals surface area contributed by atoms with E-state index in [1.165, 1.54) is 6.08 Å². The van der Waals surface area contributed by atoms with Crippen LogP contribution in [-0.4, -0.2) is 22.8 Å². The minimum atomic E-state index is -0.195. The van der Waals surface area contributed by atoms with Gasteiger partial charge in [0.05, 0.1) is 18.5 Å². The zero-order valence-electron chi connectivity index (χ0n) is 21.7. The van der Waals surface area contributed by atoms with Crippen LogP contribution in [0.2, 0.25) is 0 Å². The van der Waals surface area contributed by atoms with Gasteiger partial charge in [0.25, 0.3) is 0 Å². The zero-order valence-corrected chi connectivity index (χ0v) is 21.7. The summed E-state index contributed by atoms with van der Waals surface area (Å²) in [6.07, 6.45) is 5.28. The molecule has 0 bridgehead atoms. The molecular formula is C33H29N3O3. The first-order chi connectivity index (χ1) is 19.2. The summed E-state index contributed by atoms with van der Waals surface area (Å²) < 4.78 is 13.2. The number of carbonyl (C=O) groups excluding carboxylic acids is 1. The molecule has 0 saturated heterocycles. The van der Waals surface area contributed by atoms with Crippen molar-refractivity contribution >= 4 is 12.0 Å². The van der Waals surface area contributed by atoms with E-state index in [1.54, 1.807) is 13.2 Å². The minimum absolute atomic E-state index is 0.195. The van der Waals surface area contributed by atoms with Gasteiger partial charge in [-0.2, -0.15) is 5.10 Å². The van der Waals surface area contributed by atoms with E-state index in [1.807, 2.05) is 120 Å². The molecule has 6 heteroatoms. The van der Waals surface area contributed by atoms with Crippen LogP contribution in [0.5, 0.6) is 11.5 Å². The summed E-state index contributed by atoms with van der Waals surface area (Å²) in [5.74, 6) is 1.32. The van der Waals surface area contributed by atoms with Crippen LogP contribution in [0.15, 0.2) is 121 Å². The minimum Gasteiger partial charge on any atom is -0.496 e. The molecule has 1 N–H and O–H groups in total. The molecule has 0 radical (unpaired) electrons. The quantitative estimate of drug-likeness (QED) is 0.217. The van der Waals surface area contributed by atoms with Gasteiger partial charge in [-0.25, -0.2) is 4.68 Å². The third-order valence-corrected chi connectivity index (χ3v) is 6.18. The summed E-state index contributed by atoms with van der Waals surface area (Å²) in [4.78, 5) is 12.8. The maximum absolute atomic E-state index is 12.8. The SMILES string of the molecule is COc1ccc(/C=C/C(=O)NCc2cn(-c3ccccc3)nc2-c2ccccc2)cc1COc1ccccc1. The van der Waals surface area contributed by atoms with E-state index in [-0.39, 0.29) is 5.91 Å². The number of ether oxygens (including phenoxy) is 2. The summed E-state index contributed by atoms with van der Waals surface area (Å²) in [5, 5.41) is 7.81. The lowest BCUT2D eigenvalue weighted by atomic mass is 10.1. The largest absolute Gasteiger partial charge is 0.496 e. The van der Waals surface area contributed by atoms with Crippen molar-refractivity contribution < 1.29 is 14.3 Å². The van der Waals surface area contributed by atoms with Gasteiger partial charge in [0, 0.05) is 35.5 Å². The Morgan fingerprint density at radius 2 is 1.56 bits per heavy atom. The van der Waals surface area contributed by atoms with Gasteiger partial charge in [0.15, 0.2) is 0 Å². The Kier molecular flexibility index (Phi) is 8.14. The van der Waals surface area contributed by atoms with Crippen molar-refractivity contribution in [3.8, 4) is 28.4 Å². The lowest BCUT2D eigenvalue weighted by Gasteiger charge is -2.11. The molecule has 0 fully saturated rings. The van der Waals surface area contributed by atoms with Crippen LogP contribution >= 0.6 is 0 Å². The lowest BCUT2D eigenvalue weighted by molar-refractivity contribution is -0.116. The molecular weight excluding hydrogens is 486 g/mol. The van der Waals surface area contributed by atoms with E-state index < -0.39 is 0 Å². The Hall–Kier alpha value is -5.10. The number of amides is 1. The average Bonchev–Trinajstić information content (AvgIpc) is 3.44. The highest BCUT2D eigenvalue weighted by atomic mass is 16.5. The summed E-state index contributed by atoms with van der Waals surface area (Å²) in [5.41, 5.74) is 5.48. The smallest absolute Gasteiger partial charge is 0.244 e. The van der Waals surface area contributed by atoms with E-state index in [9.17, 15) is 4.79 Å². The number of nitrogens with one attached hydrogen (secondary N) is 1. The molecule has 1 amide bonds. The summed E-state index contributed by atoms with van der Waals surface area (Å²) in [7, 11) is 1.63. The standard InChI is InChI=1S/C33H29N3O3/c1-38-31-19-17-25(21-27(31)24-39-30-15-9-4-10-16-30)18-20-32(37)34-22-28-23-36(29-13-7-3-8-14-29)35-33(28)26-11-5-2-6-12-26/h2-21,23H,22,24H2,1H3,(H,34,37)/b20-18+. The molecule has 5 rings (SSSR count). The molecule has 194 valence electrons. The Balaban J connectivity index is 1.28. The van der Waals surface area contributed by atoms with E-state index in [4.69, 9.17) is 14.6 Å². The second-order valence-electron chi connectivity index (χ2n) is 8.87. The van der Waals surface area contributed by atoms with E-state index in [0.717, 1.165) is 45.1 Å². The number of hydrogen-bond acceptors (Lipinski definition) is 4. The Morgan fingerprint density at radius 3 is 2.28 bits per heavy atom. The number of carbonyl (C=O) groups is 1. The van der Waals surface area contributed by atoms with Gasteiger partial charge in [-0.1, -0.05) is 72.8 Å². The van der Waals surface area contributed by atoms with Crippen LogP contribution < -0.4 is 14.8 Å². The Morgan fingerprint density at radius 1 is 0.872 bits per heavy atom. The maximum Gasteiger partial charge on any atom is 0.244 e. The van der Waals surface area contributed by atoms with Gasteiger partial charge in [-0.3, -0.25) is 4.79 Å². The molecule has 1 aromatic heterocycles. The second kappa shape index (κ2) is 12.4. The molecule has 0 atom stereocenters. The normalized spacial score (nSPS) is 10.9. The first kappa shape index (κ1) is 25.5. The van der Waals surface area contributed by atoms with Gasteiger partial charge >= 0.3 is 0 Å². The van der Waals surface area contributed by atoms with Crippen molar-refractivity contribution in [1.82, 2.24) is 15.1 Å². The number of nitrogens with zero attached hydrogens (tertiary/aromatic N) is 2. The van der Waals surface area contributed by atoms with Gasteiger partial charge in [0.2, 0.25) is 5.91 Å². The average molecular weight is 516 g/mol. The summed E-state index contributed by atoms with van der Waals surface area (Å²) in [6.45, 7) is 0.702. The van der Waals surface area contributed by atoms with E-state index in [0.29, 0.717) is 13.2 Å². The fourth-order valence-corrected chi connectivity index (χ4v) is 4.20. The first-order valence-corrected chi connectivity index (χ1v) is 12.7. The second-order valence-corrected chi connectivity index (χ2v) is 8.87. The van der Waals surface area contributed by atoms with Crippen LogP contribution in [0, 0.1) is 0 Å². The molecule has 39 heavy (non-hydrogen) atoms. The third-order valence-electron chi connectivity index (χ3n) is 6.18. The van der Waals surface area contributed by atoms with Crippen molar-refractivity contribution in [3.63, 3.8) is 0 Å². The molecule has 0 aliphatic rings. The van der Waals surface area contributed by atoms with Crippen molar-refractivity contribution in [2.45, 2.75) is 13.2 Å². The number of aromatic nitrogens is 2. The predicted octanol–water partition coefficient (Wildman–Crippen LogP) is 6.46. The van der Waals surface area contributed by atoms with Crippen molar-refractivity contribution in [2.75, 3.05) is 7.11 Å². The highest BCUT2D eigenvalue weighted by Crippen LogP contribution is 2.24. The van der Waals surface area contributed by atoms with Crippen molar-refractivity contribution in [2.24, 2.45) is 0 Å². The molecule has 0 spiro atoms. The maximum atomic E-state index is 12.8. The van der Waals surface area contributed by atoms with Gasteiger partial charge in [-0.05, 0) is 48.0 Å². The first-order valence-electron chi connectivity index (χ1n) is 12.7. The number of methoxy groups -OCH3 is 1. The zero-order chi connectivity index (χ0) is 26.9. The van der Waals surface area contributed by atoms with Crippen LogP contribution in [0.4, 0.5) is 0 Å². The molecule has 0 aliphatic carbocycles. The molecule has 6 nitrogen and oxygen atoms in total. The molecule has 0 unspecified atom stereocenters. The van der Waals surface area contributed by atoms with E-state index in [2.05, 4.69) is 5.32 Å². The number of para-hydroxylation sites is 2. The predicted molar refractivity (Wildman–Crippen MR) is 154 cm³/mol. The fourth-order valence-electron chi connectivity index (χ4n) is 4.20. The number of hydrogen-bond donors (Lipinski definition) is 1. The van der Waals surface area contributed by atoms with Crippen LogP contribution in [-0.2, 0) is 17.9 Å². The molecule has 0 aliphatic heterocycles. The van der Waals surface area contributed by atoms with Gasteiger partial charge < -0.3 is 14.8 Å². The molecule has 4 aromatic carbocycles. The van der Waals surface area contributed by atoms with Gasteiger partial charge in [0.1, 0.15) is 18.1 Å². The number of benzene rings is 4. The summed E-state index contributed by atoms with van der Waals surface area (Å²) >= 11 is 0.